The molecule has 1 rings (SSSR count). The number of amides is 2. The normalized spacial score (nSPS) is 12.2. The summed E-state index contributed by atoms with van der Waals surface area (Å²) in [6, 6.07) is 2.47. The van der Waals surface area contributed by atoms with E-state index in [0.717, 1.165) is 0 Å². The Morgan fingerprint density at radius 2 is 1.96 bits per heavy atom. The van der Waals surface area contributed by atoms with Gasteiger partial charge in [-0.15, -0.1) is 12.6 Å². The first-order chi connectivity index (χ1) is 10.6. The molecule has 0 aliphatic rings. The van der Waals surface area contributed by atoms with E-state index in [1.165, 1.54) is 13.1 Å². The number of carbonyl (C=O) groups excluding carboxylic acids is 3. The minimum atomic E-state index is -0.854. The Hall–Kier alpha value is -2.09. The van der Waals surface area contributed by atoms with Crippen LogP contribution in [0.15, 0.2) is 18.3 Å². The molecule has 0 aliphatic heterocycles. The zero-order chi connectivity index (χ0) is 17.6. The summed E-state index contributed by atoms with van der Waals surface area (Å²) in [5.74, 6) is -0.199. The lowest BCUT2D eigenvalue weighted by Crippen LogP contribution is -2.43. The second-order valence-electron chi connectivity index (χ2n) is 5.96. The Labute approximate surface area is 140 Å². The summed E-state index contributed by atoms with van der Waals surface area (Å²) in [5, 5.41) is 4.57. The number of alkyl carbamates (subject to hydrolysis) is 1. The zero-order valence-electron chi connectivity index (χ0n) is 13.5. The molecule has 0 bridgehead atoms. The van der Waals surface area contributed by atoms with Crippen LogP contribution in [0, 0.1) is 0 Å². The van der Waals surface area contributed by atoms with Crippen molar-refractivity contribution in [2.24, 2.45) is 0 Å². The summed E-state index contributed by atoms with van der Waals surface area (Å²) in [6.45, 7) is 6.58. The number of hydrogen-bond donors (Lipinski definition) is 3. The van der Waals surface area contributed by atoms with Crippen molar-refractivity contribution in [2.45, 2.75) is 45.8 Å². The van der Waals surface area contributed by atoms with Crippen molar-refractivity contribution >= 4 is 35.4 Å². The van der Waals surface area contributed by atoms with Gasteiger partial charge in [0.2, 0.25) is 11.0 Å². The number of rotatable bonds is 5. The molecule has 2 N–H and O–H groups in total. The third kappa shape index (κ3) is 7.64. The minimum Gasteiger partial charge on any atom is -0.444 e. The van der Waals surface area contributed by atoms with Crippen LogP contribution in [-0.2, 0) is 20.7 Å². The number of aromatic nitrogens is 1. The molecule has 0 saturated carbocycles. The molecule has 0 fully saturated rings. The number of thiol groups is 1. The van der Waals surface area contributed by atoms with Crippen molar-refractivity contribution in [1.82, 2.24) is 10.3 Å². The van der Waals surface area contributed by atoms with Crippen LogP contribution < -0.4 is 10.6 Å². The fraction of sp³-hybridized carbons (Fsp3) is 0.467. The Morgan fingerprint density at radius 3 is 2.39 bits per heavy atom. The van der Waals surface area contributed by atoms with Gasteiger partial charge in [0.1, 0.15) is 11.6 Å². The quantitative estimate of drug-likeness (QED) is 0.712. The van der Waals surface area contributed by atoms with E-state index in [4.69, 9.17) is 4.74 Å². The molecular formula is C15H21N3O4S. The summed E-state index contributed by atoms with van der Waals surface area (Å²) in [4.78, 5) is 38.4. The van der Waals surface area contributed by atoms with Crippen LogP contribution in [0.2, 0.25) is 0 Å². The van der Waals surface area contributed by atoms with Gasteiger partial charge in [-0.05, 0) is 32.9 Å². The van der Waals surface area contributed by atoms with Gasteiger partial charge in [-0.1, -0.05) is 0 Å². The van der Waals surface area contributed by atoms with Gasteiger partial charge in [0.05, 0.1) is 11.9 Å². The van der Waals surface area contributed by atoms with E-state index in [9.17, 15) is 14.4 Å². The van der Waals surface area contributed by atoms with Crippen LogP contribution in [0.3, 0.4) is 0 Å². The van der Waals surface area contributed by atoms with E-state index in [1.54, 1.807) is 32.9 Å². The standard InChI is InChI=1S/C15H21N3O4S/c1-9(19)17-11-6-5-10(16-8-11)7-12(13(20)23)18-14(21)22-15(2,3)4/h5-6,8,12H,7H2,1-4H3,(H,17,19)(H,18,21)(H,20,23)/t12-/m1/s1. The molecule has 2 amide bonds. The molecule has 0 aliphatic carbocycles. The number of carbonyl (C=O) groups is 3. The van der Waals surface area contributed by atoms with Gasteiger partial charge < -0.3 is 15.4 Å². The lowest BCUT2D eigenvalue weighted by molar-refractivity contribution is -0.114. The number of hydrogen-bond acceptors (Lipinski definition) is 5. The highest BCUT2D eigenvalue weighted by atomic mass is 32.1. The van der Waals surface area contributed by atoms with Gasteiger partial charge in [-0.25, -0.2) is 4.79 Å². The Balaban J connectivity index is 2.71. The largest absolute Gasteiger partial charge is 0.444 e. The zero-order valence-corrected chi connectivity index (χ0v) is 14.4. The van der Waals surface area contributed by atoms with Crippen molar-refractivity contribution in [2.75, 3.05) is 5.32 Å². The number of nitrogens with zero attached hydrogens (tertiary/aromatic N) is 1. The fourth-order valence-electron chi connectivity index (χ4n) is 1.68. The maximum atomic E-state index is 11.8. The highest BCUT2D eigenvalue weighted by Gasteiger charge is 2.23. The summed E-state index contributed by atoms with van der Waals surface area (Å²) < 4.78 is 5.11. The van der Waals surface area contributed by atoms with Gasteiger partial charge >= 0.3 is 6.09 Å². The molecular weight excluding hydrogens is 318 g/mol. The van der Waals surface area contributed by atoms with Crippen LogP contribution in [0.5, 0.6) is 0 Å². The van der Waals surface area contributed by atoms with Gasteiger partial charge in [-0.2, -0.15) is 0 Å². The monoisotopic (exact) mass is 339 g/mol. The van der Waals surface area contributed by atoms with E-state index in [2.05, 4.69) is 28.2 Å². The predicted octanol–water partition coefficient (Wildman–Crippen LogP) is 1.93. The number of pyridine rings is 1. The van der Waals surface area contributed by atoms with Crippen LogP contribution in [0.4, 0.5) is 10.5 Å². The Morgan fingerprint density at radius 1 is 1.30 bits per heavy atom. The van der Waals surface area contributed by atoms with Crippen molar-refractivity contribution in [3.8, 4) is 0 Å². The van der Waals surface area contributed by atoms with Gasteiger partial charge in [0.15, 0.2) is 0 Å². The molecule has 0 unspecified atom stereocenters. The van der Waals surface area contributed by atoms with E-state index in [1.807, 2.05) is 0 Å². The average molecular weight is 339 g/mol. The first-order valence-corrected chi connectivity index (χ1v) is 7.46. The number of nitrogens with one attached hydrogen (secondary N) is 2. The second-order valence-corrected chi connectivity index (χ2v) is 6.40. The molecule has 1 atom stereocenters. The van der Waals surface area contributed by atoms with E-state index >= 15 is 0 Å². The highest BCUT2D eigenvalue weighted by Crippen LogP contribution is 2.11. The molecule has 8 heteroatoms. The third-order valence-electron chi connectivity index (χ3n) is 2.55. The highest BCUT2D eigenvalue weighted by molar-refractivity contribution is 7.96. The first-order valence-electron chi connectivity index (χ1n) is 7.01. The predicted molar refractivity (Wildman–Crippen MR) is 89.4 cm³/mol. The molecule has 7 nitrogen and oxygen atoms in total. The molecule has 23 heavy (non-hydrogen) atoms. The van der Waals surface area contributed by atoms with E-state index in [-0.39, 0.29) is 12.3 Å². The van der Waals surface area contributed by atoms with Crippen molar-refractivity contribution in [1.29, 1.82) is 0 Å². The average Bonchev–Trinajstić information content (AvgIpc) is 2.37. The molecule has 0 spiro atoms. The molecule has 126 valence electrons. The molecule has 0 saturated heterocycles. The summed E-state index contributed by atoms with van der Waals surface area (Å²) in [7, 11) is 0. The smallest absolute Gasteiger partial charge is 0.408 e. The first kappa shape index (κ1) is 19.0. The van der Waals surface area contributed by atoms with Crippen LogP contribution in [0.25, 0.3) is 0 Å². The summed E-state index contributed by atoms with van der Waals surface area (Å²) in [6.07, 6.45) is 0.950. The Bertz CT molecular complexity index is 581. The summed E-state index contributed by atoms with van der Waals surface area (Å²) >= 11 is 3.78. The fourth-order valence-corrected chi connectivity index (χ4v) is 1.84. The van der Waals surface area contributed by atoms with E-state index < -0.39 is 22.9 Å². The lowest BCUT2D eigenvalue weighted by atomic mass is 10.1. The molecule has 1 heterocycles. The molecule has 1 aromatic rings. The molecule has 0 radical (unpaired) electrons. The van der Waals surface area contributed by atoms with Gasteiger partial charge in [0, 0.05) is 19.0 Å². The Kier molecular flexibility index (Phi) is 6.56. The van der Waals surface area contributed by atoms with Gasteiger partial charge in [-0.3, -0.25) is 14.6 Å². The second kappa shape index (κ2) is 7.96. The van der Waals surface area contributed by atoms with Crippen LogP contribution in [0.1, 0.15) is 33.4 Å². The number of anilines is 1. The topological polar surface area (TPSA) is 97.4 Å². The van der Waals surface area contributed by atoms with E-state index in [0.29, 0.717) is 11.4 Å². The van der Waals surface area contributed by atoms with Crippen LogP contribution in [-0.4, -0.2) is 33.7 Å². The van der Waals surface area contributed by atoms with Crippen LogP contribution >= 0.6 is 12.6 Å². The number of ether oxygens (including phenoxy) is 1. The molecule has 1 aromatic heterocycles. The van der Waals surface area contributed by atoms with Crippen molar-refractivity contribution in [3.63, 3.8) is 0 Å². The SMILES string of the molecule is CC(=O)Nc1ccc(C[C@@H](NC(=O)OC(C)(C)C)C(=O)S)nc1. The van der Waals surface area contributed by atoms with Gasteiger partial charge in [0.25, 0.3) is 0 Å². The minimum absolute atomic E-state index is 0.169. The third-order valence-corrected chi connectivity index (χ3v) is 2.86. The summed E-state index contributed by atoms with van der Waals surface area (Å²) in [5.41, 5.74) is 0.463. The molecule has 0 aromatic carbocycles. The maximum absolute atomic E-state index is 11.8. The lowest BCUT2D eigenvalue weighted by Gasteiger charge is -2.22. The van der Waals surface area contributed by atoms with Crippen molar-refractivity contribution < 1.29 is 19.1 Å². The van der Waals surface area contributed by atoms with Crippen molar-refractivity contribution in [3.05, 3.63) is 24.0 Å². The maximum Gasteiger partial charge on any atom is 0.408 e.